The van der Waals surface area contributed by atoms with E-state index in [0.29, 0.717) is 19.8 Å². The lowest BCUT2D eigenvalue weighted by molar-refractivity contribution is -0.140. The third-order valence-electron chi connectivity index (χ3n) is 3.62. The van der Waals surface area contributed by atoms with Crippen molar-refractivity contribution >= 4 is 21.9 Å². The fourth-order valence-electron chi connectivity index (χ4n) is 2.47. The molecule has 0 spiro atoms. The molecule has 0 aliphatic carbocycles. The molecule has 0 saturated carbocycles. The van der Waals surface area contributed by atoms with Crippen molar-refractivity contribution < 1.29 is 14.6 Å². The largest absolute Gasteiger partial charge is 0.481 e. The smallest absolute Gasteiger partial charge is 0.305 e. The molecule has 7 heteroatoms. The first-order valence-electron chi connectivity index (χ1n) is 6.76. The van der Waals surface area contributed by atoms with Gasteiger partial charge in [0.05, 0.1) is 35.5 Å². The fraction of sp³-hybridized carbons (Fsp3) is 0.692. The van der Waals surface area contributed by atoms with Gasteiger partial charge < -0.3 is 9.84 Å². The minimum absolute atomic E-state index is 0.0758. The van der Waals surface area contributed by atoms with E-state index in [1.54, 1.807) is 0 Å². The number of aryl methyl sites for hydroxylation is 2. The Balaban J connectivity index is 2.14. The predicted octanol–water partition coefficient (Wildman–Crippen LogP) is 1.42. The van der Waals surface area contributed by atoms with Crippen molar-refractivity contribution in [3.63, 3.8) is 0 Å². The molecular formula is C13H20BrN3O3. The van der Waals surface area contributed by atoms with Gasteiger partial charge in [-0.3, -0.25) is 14.4 Å². The second-order valence-electron chi connectivity index (χ2n) is 4.98. The highest BCUT2D eigenvalue weighted by Crippen LogP contribution is 2.24. The Hall–Kier alpha value is -0.920. The Morgan fingerprint density at radius 1 is 1.60 bits per heavy atom. The molecule has 1 aromatic rings. The number of carbonyl (C=O) groups is 1. The summed E-state index contributed by atoms with van der Waals surface area (Å²) in [5, 5.41) is 13.5. The number of nitrogens with zero attached hydrogens (tertiary/aromatic N) is 3. The van der Waals surface area contributed by atoms with E-state index in [-0.39, 0.29) is 12.5 Å². The van der Waals surface area contributed by atoms with E-state index in [2.05, 4.69) is 32.9 Å². The maximum Gasteiger partial charge on any atom is 0.305 e. The van der Waals surface area contributed by atoms with Crippen LogP contribution in [0.5, 0.6) is 0 Å². The van der Waals surface area contributed by atoms with Crippen molar-refractivity contribution in [1.82, 2.24) is 14.7 Å². The van der Waals surface area contributed by atoms with Crippen LogP contribution >= 0.6 is 15.9 Å². The van der Waals surface area contributed by atoms with Crippen LogP contribution < -0.4 is 0 Å². The van der Waals surface area contributed by atoms with Crippen LogP contribution in [0.4, 0.5) is 0 Å². The van der Waals surface area contributed by atoms with Crippen molar-refractivity contribution in [2.75, 3.05) is 19.8 Å². The number of aliphatic carboxylic acids is 1. The Labute approximate surface area is 126 Å². The van der Waals surface area contributed by atoms with Gasteiger partial charge in [0.1, 0.15) is 0 Å². The summed E-state index contributed by atoms with van der Waals surface area (Å²) in [5.41, 5.74) is 2.12. The normalized spacial score (nSPS) is 20.2. The molecule has 1 unspecified atom stereocenters. The van der Waals surface area contributed by atoms with Crippen molar-refractivity contribution in [1.29, 1.82) is 0 Å². The molecule has 20 heavy (non-hydrogen) atoms. The highest BCUT2D eigenvalue weighted by atomic mass is 79.9. The Morgan fingerprint density at radius 3 is 2.95 bits per heavy atom. The molecule has 1 aromatic heterocycles. The molecular weight excluding hydrogens is 326 g/mol. The highest BCUT2D eigenvalue weighted by Gasteiger charge is 2.27. The van der Waals surface area contributed by atoms with Crippen molar-refractivity contribution in [3.8, 4) is 0 Å². The molecule has 0 bridgehead atoms. The van der Waals surface area contributed by atoms with Crippen molar-refractivity contribution in [2.45, 2.75) is 32.4 Å². The van der Waals surface area contributed by atoms with Crippen LogP contribution in [-0.4, -0.2) is 51.6 Å². The number of halogens is 1. The van der Waals surface area contributed by atoms with Gasteiger partial charge in [0, 0.05) is 26.2 Å². The monoisotopic (exact) mass is 345 g/mol. The van der Waals surface area contributed by atoms with E-state index < -0.39 is 5.97 Å². The lowest BCUT2D eigenvalue weighted by atomic mass is 10.1. The molecule has 0 amide bonds. The third-order valence-corrected chi connectivity index (χ3v) is 4.53. The summed E-state index contributed by atoms with van der Waals surface area (Å²) in [6.45, 7) is 4.62. The summed E-state index contributed by atoms with van der Waals surface area (Å²) in [5.74, 6) is -0.788. The van der Waals surface area contributed by atoms with E-state index in [1.165, 1.54) is 0 Å². The molecule has 0 radical (unpaired) electrons. The molecule has 2 heterocycles. The van der Waals surface area contributed by atoms with Gasteiger partial charge in [-0.05, 0) is 22.4 Å². The lowest BCUT2D eigenvalue weighted by Crippen LogP contribution is -2.46. The number of ether oxygens (including phenoxy) is 1. The number of aromatic nitrogens is 2. The van der Waals surface area contributed by atoms with Crippen LogP contribution in [0.15, 0.2) is 4.47 Å². The summed E-state index contributed by atoms with van der Waals surface area (Å²) in [6.07, 6.45) is 0.978. The molecule has 1 aliphatic rings. The van der Waals surface area contributed by atoms with Gasteiger partial charge >= 0.3 is 5.97 Å². The topological polar surface area (TPSA) is 67.6 Å². The van der Waals surface area contributed by atoms with E-state index in [9.17, 15) is 4.79 Å². The van der Waals surface area contributed by atoms with Gasteiger partial charge in [0.2, 0.25) is 0 Å². The predicted molar refractivity (Wildman–Crippen MR) is 77.6 cm³/mol. The first-order chi connectivity index (χ1) is 9.52. The van der Waals surface area contributed by atoms with Crippen LogP contribution in [-0.2, 0) is 29.5 Å². The van der Waals surface area contributed by atoms with Gasteiger partial charge in [-0.2, -0.15) is 5.10 Å². The fourth-order valence-corrected chi connectivity index (χ4v) is 3.21. The van der Waals surface area contributed by atoms with Gasteiger partial charge in [-0.1, -0.05) is 6.92 Å². The van der Waals surface area contributed by atoms with Crippen LogP contribution in [0, 0.1) is 0 Å². The SMILES string of the molecule is CCc1nn(C)c(CN2CCOCC2CC(=O)O)c1Br. The summed E-state index contributed by atoms with van der Waals surface area (Å²) in [6, 6.07) is -0.0758. The zero-order chi connectivity index (χ0) is 14.7. The third kappa shape index (κ3) is 3.39. The number of rotatable bonds is 5. The van der Waals surface area contributed by atoms with Crippen molar-refractivity contribution in [2.24, 2.45) is 7.05 Å². The molecule has 1 N–H and O–H groups in total. The molecule has 1 saturated heterocycles. The number of carboxylic acid groups (broad SMARTS) is 1. The van der Waals surface area contributed by atoms with Crippen LogP contribution in [0.25, 0.3) is 0 Å². The van der Waals surface area contributed by atoms with Gasteiger partial charge in [0.25, 0.3) is 0 Å². The first kappa shape index (κ1) is 15.5. The van der Waals surface area contributed by atoms with Crippen LogP contribution in [0.2, 0.25) is 0 Å². The average Bonchev–Trinajstić information content (AvgIpc) is 2.67. The number of hydrogen-bond acceptors (Lipinski definition) is 4. The summed E-state index contributed by atoms with van der Waals surface area (Å²) < 4.78 is 8.30. The molecule has 6 nitrogen and oxygen atoms in total. The molecule has 1 aliphatic heterocycles. The number of hydrogen-bond donors (Lipinski definition) is 1. The van der Waals surface area contributed by atoms with Crippen LogP contribution in [0.1, 0.15) is 24.7 Å². The maximum atomic E-state index is 10.9. The standard InChI is InChI=1S/C13H20BrN3O3/c1-3-10-13(14)11(16(2)15-10)7-17-4-5-20-8-9(17)6-12(18)19/h9H,3-8H2,1-2H3,(H,18,19). The lowest BCUT2D eigenvalue weighted by Gasteiger charge is -2.34. The van der Waals surface area contributed by atoms with E-state index in [1.807, 2.05) is 11.7 Å². The summed E-state index contributed by atoms with van der Waals surface area (Å²) in [7, 11) is 1.92. The Bertz CT molecular complexity index is 489. The minimum Gasteiger partial charge on any atom is -0.481 e. The van der Waals surface area contributed by atoms with Crippen LogP contribution in [0.3, 0.4) is 0 Å². The molecule has 0 aromatic carbocycles. The first-order valence-corrected chi connectivity index (χ1v) is 7.56. The van der Waals surface area contributed by atoms with E-state index in [4.69, 9.17) is 9.84 Å². The van der Waals surface area contributed by atoms with Gasteiger partial charge in [-0.25, -0.2) is 0 Å². The second-order valence-corrected chi connectivity index (χ2v) is 5.77. The zero-order valence-corrected chi connectivity index (χ0v) is 13.4. The molecule has 2 rings (SSSR count). The summed E-state index contributed by atoms with van der Waals surface area (Å²) >= 11 is 3.60. The van der Waals surface area contributed by atoms with Gasteiger partial charge in [-0.15, -0.1) is 0 Å². The molecule has 1 atom stereocenters. The Kier molecular flexibility index (Phi) is 5.17. The molecule has 112 valence electrons. The number of carboxylic acids is 1. The zero-order valence-electron chi connectivity index (χ0n) is 11.8. The van der Waals surface area contributed by atoms with E-state index >= 15 is 0 Å². The van der Waals surface area contributed by atoms with Gasteiger partial charge in [0.15, 0.2) is 0 Å². The highest BCUT2D eigenvalue weighted by molar-refractivity contribution is 9.10. The number of morpholine rings is 1. The van der Waals surface area contributed by atoms with Crippen molar-refractivity contribution in [3.05, 3.63) is 15.9 Å². The quantitative estimate of drug-likeness (QED) is 0.874. The maximum absolute atomic E-state index is 10.9. The summed E-state index contributed by atoms with van der Waals surface area (Å²) in [4.78, 5) is 13.1. The second kappa shape index (κ2) is 6.69. The van der Waals surface area contributed by atoms with E-state index in [0.717, 1.165) is 28.8 Å². The average molecular weight is 346 g/mol. The minimum atomic E-state index is -0.788. The Morgan fingerprint density at radius 2 is 2.35 bits per heavy atom. The molecule has 1 fully saturated rings.